The van der Waals surface area contributed by atoms with Crippen LogP contribution in [0.4, 0.5) is 5.69 Å². The predicted octanol–water partition coefficient (Wildman–Crippen LogP) is 2.72. The van der Waals surface area contributed by atoms with Crippen molar-refractivity contribution in [1.29, 1.82) is 0 Å². The maximum atomic E-state index is 11.7. The van der Waals surface area contributed by atoms with E-state index in [1.165, 1.54) is 45.2 Å². The van der Waals surface area contributed by atoms with Gasteiger partial charge in [0.25, 0.3) is 5.56 Å². The van der Waals surface area contributed by atoms with E-state index >= 15 is 0 Å². The molecule has 1 aliphatic heterocycles. The second-order valence-electron chi connectivity index (χ2n) is 6.27. The van der Waals surface area contributed by atoms with E-state index in [1.54, 1.807) is 22.9 Å². The van der Waals surface area contributed by atoms with Crippen LogP contribution in [-0.2, 0) is 6.54 Å². The van der Waals surface area contributed by atoms with Crippen LogP contribution in [-0.4, -0.2) is 29.1 Å². The summed E-state index contributed by atoms with van der Waals surface area (Å²) in [6.07, 6.45) is 9.51. The van der Waals surface area contributed by atoms with E-state index < -0.39 is 0 Å². The molecule has 118 valence electrons. The molecule has 21 heavy (non-hydrogen) atoms. The van der Waals surface area contributed by atoms with Gasteiger partial charge in [0.2, 0.25) is 0 Å². The minimum absolute atomic E-state index is 0.0445. The Labute approximate surface area is 127 Å². The molecule has 0 amide bonds. The SMILES string of the molecule is CCCC1CCCN(CCCn2cc(N)ccc2=O)CC1. The van der Waals surface area contributed by atoms with Crippen LogP contribution in [0.1, 0.15) is 45.4 Å². The number of likely N-dealkylation sites (tertiary alicyclic amines) is 1. The lowest BCUT2D eigenvalue weighted by atomic mass is 9.96. The summed E-state index contributed by atoms with van der Waals surface area (Å²) in [6, 6.07) is 3.22. The Morgan fingerprint density at radius 2 is 2.10 bits per heavy atom. The third-order valence-corrected chi connectivity index (χ3v) is 4.52. The quantitative estimate of drug-likeness (QED) is 0.877. The molecule has 1 saturated heterocycles. The second-order valence-corrected chi connectivity index (χ2v) is 6.27. The Hall–Kier alpha value is -1.29. The summed E-state index contributed by atoms with van der Waals surface area (Å²) in [5, 5.41) is 0. The van der Waals surface area contributed by atoms with E-state index in [4.69, 9.17) is 5.73 Å². The van der Waals surface area contributed by atoms with Crippen LogP contribution in [0.3, 0.4) is 0 Å². The molecule has 1 fully saturated rings. The van der Waals surface area contributed by atoms with E-state index in [9.17, 15) is 4.79 Å². The second kappa shape index (κ2) is 8.23. The normalized spacial score (nSPS) is 20.3. The number of nitrogen functional groups attached to an aromatic ring is 1. The molecule has 0 aromatic carbocycles. The first-order chi connectivity index (χ1) is 10.2. The maximum absolute atomic E-state index is 11.7. The number of rotatable bonds is 6. The Morgan fingerprint density at radius 1 is 1.24 bits per heavy atom. The third-order valence-electron chi connectivity index (χ3n) is 4.52. The molecule has 1 atom stereocenters. The van der Waals surface area contributed by atoms with Crippen molar-refractivity contribution in [3.8, 4) is 0 Å². The molecule has 4 nitrogen and oxygen atoms in total. The number of nitrogens with zero attached hydrogens (tertiary/aromatic N) is 2. The van der Waals surface area contributed by atoms with E-state index in [1.807, 2.05) is 0 Å². The van der Waals surface area contributed by atoms with Gasteiger partial charge in [-0.1, -0.05) is 19.8 Å². The monoisotopic (exact) mass is 291 g/mol. The van der Waals surface area contributed by atoms with Crippen LogP contribution >= 0.6 is 0 Å². The molecule has 0 bridgehead atoms. The summed E-state index contributed by atoms with van der Waals surface area (Å²) in [5.74, 6) is 0.927. The number of aryl methyl sites for hydroxylation is 1. The first-order valence-electron chi connectivity index (χ1n) is 8.37. The molecule has 0 spiro atoms. The van der Waals surface area contributed by atoms with Crippen molar-refractivity contribution in [3.05, 3.63) is 28.7 Å². The largest absolute Gasteiger partial charge is 0.398 e. The molecule has 1 aromatic rings. The highest BCUT2D eigenvalue weighted by Gasteiger charge is 2.15. The van der Waals surface area contributed by atoms with Gasteiger partial charge in [-0.05, 0) is 57.3 Å². The zero-order chi connectivity index (χ0) is 15.1. The van der Waals surface area contributed by atoms with Gasteiger partial charge in [-0.25, -0.2) is 0 Å². The van der Waals surface area contributed by atoms with Gasteiger partial charge in [-0.2, -0.15) is 0 Å². The van der Waals surface area contributed by atoms with Gasteiger partial charge in [-0.15, -0.1) is 0 Å². The summed E-state index contributed by atoms with van der Waals surface area (Å²) in [5.41, 5.74) is 6.44. The predicted molar refractivity (Wildman–Crippen MR) is 88.4 cm³/mol. The molecule has 2 heterocycles. The molecule has 0 radical (unpaired) electrons. The van der Waals surface area contributed by atoms with E-state index in [2.05, 4.69) is 11.8 Å². The fraction of sp³-hybridized carbons (Fsp3) is 0.706. The van der Waals surface area contributed by atoms with Gasteiger partial charge < -0.3 is 15.2 Å². The summed E-state index contributed by atoms with van der Waals surface area (Å²) in [7, 11) is 0. The van der Waals surface area contributed by atoms with Crippen LogP contribution < -0.4 is 11.3 Å². The van der Waals surface area contributed by atoms with Crippen molar-refractivity contribution >= 4 is 5.69 Å². The molecule has 1 unspecified atom stereocenters. The van der Waals surface area contributed by atoms with Gasteiger partial charge in [0.05, 0.1) is 0 Å². The zero-order valence-electron chi connectivity index (χ0n) is 13.3. The van der Waals surface area contributed by atoms with E-state index in [-0.39, 0.29) is 5.56 Å². The summed E-state index contributed by atoms with van der Waals surface area (Å²) < 4.78 is 1.73. The molecule has 1 aliphatic rings. The first-order valence-corrected chi connectivity index (χ1v) is 8.37. The zero-order valence-corrected chi connectivity index (χ0v) is 13.3. The lowest BCUT2D eigenvalue weighted by molar-refractivity contribution is 0.270. The highest BCUT2D eigenvalue weighted by atomic mass is 16.1. The average Bonchev–Trinajstić information content (AvgIpc) is 2.69. The molecule has 4 heteroatoms. The summed E-state index contributed by atoms with van der Waals surface area (Å²) in [6.45, 7) is 6.56. The molecule has 0 aliphatic carbocycles. The van der Waals surface area contributed by atoms with Crippen molar-refractivity contribution in [2.75, 3.05) is 25.4 Å². The van der Waals surface area contributed by atoms with Gasteiger partial charge in [0, 0.05) is 24.5 Å². The Morgan fingerprint density at radius 3 is 2.90 bits per heavy atom. The Balaban J connectivity index is 1.75. The first kappa shape index (κ1) is 16.1. The highest BCUT2D eigenvalue weighted by Crippen LogP contribution is 2.21. The van der Waals surface area contributed by atoms with E-state index in [0.29, 0.717) is 5.69 Å². The van der Waals surface area contributed by atoms with Crippen LogP contribution in [0.2, 0.25) is 0 Å². The number of nitrogens with two attached hydrogens (primary N) is 1. The number of hydrogen-bond donors (Lipinski definition) is 1. The Bertz CT molecular complexity index is 483. The fourth-order valence-corrected chi connectivity index (χ4v) is 3.33. The van der Waals surface area contributed by atoms with Gasteiger partial charge in [0.1, 0.15) is 0 Å². The molecular weight excluding hydrogens is 262 g/mol. The van der Waals surface area contributed by atoms with Crippen LogP contribution in [0.15, 0.2) is 23.1 Å². The maximum Gasteiger partial charge on any atom is 0.250 e. The number of pyridine rings is 1. The third kappa shape index (κ3) is 5.20. The fourth-order valence-electron chi connectivity index (χ4n) is 3.33. The van der Waals surface area contributed by atoms with Crippen molar-refractivity contribution in [1.82, 2.24) is 9.47 Å². The standard InChI is InChI=1S/C17H29N3O/c1-2-5-15-6-3-10-19(13-9-15)11-4-12-20-14-16(18)7-8-17(20)21/h7-8,14-15H,2-6,9-13,18H2,1H3. The summed E-state index contributed by atoms with van der Waals surface area (Å²) >= 11 is 0. The van der Waals surface area contributed by atoms with Gasteiger partial charge >= 0.3 is 0 Å². The molecule has 1 aromatic heterocycles. The molecular formula is C17H29N3O. The van der Waals surface area contributed by atoms with E-state index in [0.717, 1.165) is 25.4 Å². The average molecular weight is 291 g/mol. The summed E-state index contributed by atoms with van der Waals surface area (Å²) in [4.78, 5) is 14.3. The molecule has 2 N–H and O–H groups in total. The lowest BCUT2D eigenvalue weighted by Gasteiger charge is -2.20. The van der Waals surface area contributed by atoms with Crippen LogP contribution in [0.25, 0.3) is 0 Å². The van der Waals surface area contributed by atoms with Gasteiger partial charge in [-0.3, -0.25) is 4.79 Å². The number of anilines is 1. The minimum atomic E-state index is 0.0445. The van der Waals surface area contributed by atoms with Crippen molar-refractivity contribution in [3.63, 3.8) is 0 Å². The number of aromatic nitrogens is 1. The van der Waals surface area contributed by atoms with Crippen molar-refractivity contribution < 1.29 is 0 Å². The van der Waals surface area contributed by atoms with Crippen molar-refractivity contribution in [2.24, 2.45) is 5.92 Å². The van der Waals surface area contributed by atoms with Gasteiger partial charge in [0.15, 0.2) is 0 Å². The van der Waals surface area contributed by atoms with Crippen LogP contribution in [0, 0.1) is 5.92 Å². The molecule has 2 rings (SSSR count). The highest BCUT2D eigenvalue weighted by molar-refractivity contribution is 5.33. The Kier molecular flexibility index (Phi) is 6.30. The molecule has 0 saturated carbocycles. The van der Waals surface area contributed by atoms with Crippen LogP contribution in [0.5, 0.6) is 0 Å². The van der Waals surface area contributed by atoms with Crippen molar-refractivity contribution in [2.45, 2.75) is 52.0 Å². The topological polar surface area (TPSA) is 51.3 Å². The lowest BCUT2D eigenvalue weighted by Crippen LogP contribution is -2.28. The number of hydrogen-bond acceptors (Lipinski definition) is 3. The minimum Gasteiger partial charge on any atom is -0.398 e. The smallest absolute Gasteiger partial charge is 0.250 e.